The largest absolute Gasteiger partial charge is 0.343 e. The number of nitrogens with one attached hydrogen (secondary N) is 3. The lowest BCUT2D eigenvalue weighted by Gasteiger charge is -2.30. The number of carbonyl (C=O) groups is 3. The molecule has 3 rings (SSSR count). The Labute approximate surface area is 186 Å². The van der Waals surface area contributed by atoms with Crippen LogP contribution in [0.5, 0.6) is 0 Å². The standard InChI is InChI=1S/C19H24BrN5O4S/c1-12(26)22-19(10-4-2-3-5-11-19)18-21-16(29-25-18)9-8-15(27)23-24-17(28)13-6-7-14(20)30-13/h6-7H,2-5,8-11H2,1H3,(H,22,26)(H,23,27)(H,24,28). The van der Waals surface area contributed by atoms with Gasteiger partial charge in [-0.15, -0.1) is 11.3 Å². The van der Waals surface area contributed by atoms with Crippen molar-refractivity contribution in [1.82, 2.24) is 26.3 Å². The molecule has 2 aromatic rings. The summed E-state index contributed by atoms with van der Waals surface area (Å²) in [7, 11) is 0. The van der Waals surface area contributed by atoms with Crippen molar-refractivity contribution in [2.45, 2.75) is 63.8 Å². The second-order valence-corrected chi connectivity index (χ2v) is 9.76. The van der Waals surface area contributed by atoms with Gasteiger partial charge in [-0.05, 0) is 40.9 Å². The van der Waals surface area contributed by atoms with Crippen LogP contribution in [-0.4, -0.2) is 27.9 Å². The van der Waals surface area contributed by atoms with Crippen molar-refractivity contribution in [3.05, 3.63) is 32.5 Å². The maximum Gasteiger partial charge on any atom is 0.279 e. The summed E-state index contributed by atoms with van der Waals surface area (Å²) in [6, 6.07) is 3.42. The van der Waals surface area contributed by atoms with Gasteiger partial charge in [0.05, 0.1) is 8.66 Å². The van der Waals surface area contributed by atoms with E-state index in [2.05, 4.69) is 42.2 Å². The molecule has 0 saturated heterocycles. The first kappa shape index (κ1) is 22.4. The molecule has 0 radical (unpaired) electrons. The topological polar surface area (TPSA) is 126 Å². The van der Waals surface area contributed by atoms with Crippen LogP contribution in [0.1, 0.15) is 73.3 Å². The van der Waals surface area contributed by atoms with Crippen LogP contribution in [0.2, 0.25) is 0 Å². The molecule has 11 heteroatoms. The number of aromatic nitrogens is 2. The highest BCUT2D eigenvalue weighted by Gasteiger charge is 2.38. The zero-order chi connectivity index (χ0) is 21.6. The van der Waals surface area contributed by atoms with E-state index in [9.17, 15) is 14.4 Å². The van der Waals surface area contributed by atoms with Gasteiger partial charge in [0.2, 0.25) is 17.7 Å². The van der Waals surface area contributed by atoms with Gasteiger partial charge >= 0.3 is 0 Å². The number of halogens is 1. The molecule has 1 fully saturated rings. The highest BCUT2D eigenvalue weighted by molar-refractivity contribution is 9.11. The third-order valence-corrected chi connectivity index (χ3v) is 6.57. The summed E-state index contributed by atoms with van der Waals surface area (Å²) in [5.74, 6) is -0.0973. The van der Waals surface area contributed by atoms with Crippen molar-refractivity contribution in [1.29, 1.82) is 0 Å². The fourth-order valence-electron chi connectivity index (χ4n) is 3.53. The van der Waals surface area contributed by atoms with Crippen LogP contribution in [0, 0.1) is 0 Å². The number of thiophene rings is 1. The van der Waals surface area contributed by atoms with Gasteiger partial charge < -0.3 is 9.84 Å². The quantitative estimate of drug-likeness (QED) is 0.415. The molecular weight excluding hydrogens is 474 g/mol. The van der Waals surface area contributed by atoms with E-state index < -0.39 is 5.54 Å². The highest BCUT2D eigenvalue weighted by Crippen LogP contribution is 2.34. The lowest BCUT2D eigenvalue weighted by Crippen LogP contribution is -2.45. The number of hydrogen-bond donors (Lipinski definition) is 3. The van der Waals surface area contributed by atoms with E-state index in [0.29, 0.717) is 16.6 Å². The van der Waals surface area contributed by atoms with Gasteiger partial charge in [0.15, 0.2) is 5.82 Å². The first-order valence-electron chi connectivity index (χ1n) is 9.84. The molecule has 2 heterocycles. The Morgan fingerprint density at radius 2 is 1.90 bits per heavy atom. The Balaban J connectivity index is 1.54. The van der Waals surface area contributed by atoms with E-state index in [-0.39, 0.29) is 30.6 Å². The summed E-state index contributed by atoms with van der Waals surface area (Å²) in [4.78, 5) is 40.7. The molecule has 9 nitrogen and oxygen atoms in total. The van der Waals surface area contributed by atoms with Gasteiger partial charge in [0.1, 0.15) is 5.54 Å². The molecule has 0 aliphatic heterocycles. The molecule has 1 aliphatic rings. The summed E-state index contributed by atoms with van der Waals surface area (Å²) in [5.41, 5.74) is 4.14. The Morgan fingerprint density at radius 1 is 1.17 bits per heavy atom. The van der Waals surface area contributed by atoms with Crippen LogP contribution < -0.4 is 16.2 Å². The Hall–Kier alpha value is -2.27. The fraction of sp³-hybridized carbons (Fsp3) is 0.526. The number of hydrogen-bond acceptors (Lipinski definition) is 7. The zero-order valence-electron chi connectivity index (χ0n) is 16.6. The van der Waals surface area contributed by atoms with Crippen LogP contribution in [0.15, 0.2) is 20.4 Å². The molecule has 0 bridgehead atoms. The minimum absolute atomic E-state index is 0.0726. The van der Waals surface area contributed by atoms with Crippen LogP contribution in [-0.2, 0) is 21.5 Å². The van der Waals surface area contributed by atoms with Gasteiger partial charge in [0, 0.05) is 19.8 Å². The number of carbonyl (C=O) groups excluding carboxylic acids is 3. The lowest BCUT2D eigenvalue weighted by molar-refractivity contribution is -0.122. The van der Waals surface area contributed by atoms with E-state index in [0.717, 1.165) is 42.3 Å². The number of hydrazine groups is 1. The molecule has 3 amide bonds. The maximum atomic E-state index is 12.0. The Kier molecular flexibility index (Phi) is 7.59. The van der Waals surface area contributed by atoms with Crippen LogP contribution in [0.4, 0.5) is 0 Å². The molecule has 0 unspecified atom stereocenters. The molecule has 0 atom stereocenters. The van der Waals surface area contributed by atoms with Crippen molar-refractivity contribution in [2.75, 3.05) is 0 Å². The Bertz CT molecular complexity index is 904. The minimum Gasteiger partial charge on any atom is -0.343 e. The van der Waals surface area contributed by atoms with Gasteiger partial charge in [0.25, 0.3) is 5.91 Å². The lowest BCUT2D eigenvalue weighted by atomic mass is 9.89. The molecule has 0 spiro atoms. The first-order chi connectivity index (χ1) is 14.4. The summed E-state index contributed by atoms with van der Waals surface area (Å²) in [6.45, 7) is 1.49. The van der Waals surface area contributed by atoms with Crippen molar-refractivity contribution >= 4 is 45.0 Å². The van der Waals surface area contributed by atoms with Crippen LogP contribution in [0.25, 0.3) is 0 Å². The van der Waals surface area contributed by atoms with Crippen molar-refractivity contribution in [2.24, 2.45) is 0 Å². The molecule has 30 heavy (non-hydrogen) atoms. The third-order valence-electron chi connectivity index (χ3n) is 4.95. The molecule has 3 N–H and O–H groups in total. The molecule has 162 valence electrons. The number of nitrogens with zero attached hydrogens (tertiary/aromatic N) is 2. The second kappa shape index (κ2) is 10.2. The number of rotatable bonds is 6. The van der Waals surface area contributed by atoms with Gasteiger partial charge in [-0.1, -0.05) is 30.8 Å². The average Bonchev–Trinajstić information content (AvgIpc) is 3.30. The molecule has 0 aromatic carbocycles. The van der Waals surface area contributed by atoms with Crippen molar-refractivity contribution in [3.63, 3.8) is 0 Å². The molecule has 1 aliphatic carbocycles. The predicted octanol–water partition coefficient (Wildman–Crippen LogP) is 2.97. The van der Waals surface area contributed by atoms with Gasteiger partial charge in [-0.25, -0.2) is 0 Å². The average molecular weight is 498 g/mol. The summed E-state index contributed by atoms with van der Waals surface area (Å²) < 4.78 is 6.16. The van der Waals surface area contributed by atoms with Crippen LogP contribution >= 0.6 is 27.3 Å². The summed E-state index contributed by atoms with van der Waals surface area (Å²) in [6.07, 6.45) is 6.01. The van der Waals surface area contributed by atoms with E-state index in [1.165, 1.54) is 18.3 Å². The first-order valence-corrected chi connectivity index (χ1v) is 11.5. The number of aryl methyl sites for hydroxylation is 1. The second-order valence-electron chi connectivity index (χ2n) is 7.30. The zero-order valence-corrected chi connectivity index (χ0v) is 19.0. The van der Waals surface area contributed by atoms with Gasteiger partial charge in [-0.3, -0.25) is 25.2 Å². The summed E-state index contributed by atoms with van der Waals surface area (Å²) in [5, 5.41) is 7.12. The van der Waals surface area contributed by atoms with Crippen molar-refractivity contribution in [3.8, 4) is 0 Å². The highest BCUT2D eigenvalue weighted by atomic mass is 79.9. The van der Waals surface area contributed by atoms with E-state index in [4.69, 9.17) is 4.52 Å². The monoisotopic (exact) mass is 497 g/mol. The predicted molar refractivity (Wildman–Crippen MR) is 113 cm³/mol. The third kappa shape index (κ3) is 5.88. The molecule has 2 aromatic heterocycles. The Morgan fingerprint density at radius 3 is 2.53 bits per heavy atom. The van der Waals surface area contributed by atoms with E-state index in [1.807, 2.05) is 0 Å². The molecular formula is C19H24BrN5O4S. The minimum atomic E-state index is -0.616. The smallest absolute Gasteiger partial charge is 0.279 e. The van der Waals surface area contributed by atoms with Gasteiger partial charge in [-0.2, -0.15) is 4.98 Å². The van der Waals surface area contributed by atoms with E-state index in [1.54, 1.807) is 12.1 Å². The van der Waals surface area contributed by atoms with Crippen LogP contribution in [0.3, 0.4) is 0 Å². The number of amides is 3. The maximum absolute atomic E-state index is 12.0. The summed E-state index contributed by atoms with van der Waals surface area (Å²) >= 11 is 4.56. The normalized spacial score (nSPS) is 15.8. The van der Waals surface area contributed by atoms with E-state index >= 15 is 0 Å². The van der Waals surface area contributed by atoms with Crippen molar-refractivity contribution < 1.29 is 18.9 Å². The SMILES string of the molecule is CC(=O)NC1(c2noc(CCC(=O)NNC(=O)c3ccc(Br)s3)n2)CCCCCC1. The molecule has 1 saturated carbocycles. The fourth-order valence-corrected chi connectivity index (χ4v) is 4.81.